The Morgan fingerprint density at radius 3 is 0.784 bits per heavy atom. The molecule has 0 amide bonds. The van der Waals surface area contributed by atoms with Gasteiger partial charge in [0.25, 0.3) is 0 Å². The topological polar surface area (TPSA) is 0 Å². The van der Waals surface area contributed by atoms with Gasteiger partial charge < -0.3 is 0 Å². The normalized spacial score (nSPS) is 16.7. The van der Waals surface area contributed by atoms with E-state index in [-0.39, 0.29) is 0 Å². The van der Waals surface area contributed by atoms with Crippen LogP contribution in [0.5, 0.6) is 0 Å². The highest BCUT2D eigenvalue weighted by atomic mass is 19.4. The van der Waals surface area contributed by atoms with Crippen LogP contribution in [-0.2, 0) is 0 Å². The summed E-state index contributed by atoms with van der Waals surface area (Å²) in [5, 5.41) is 0. The Kier molecular flexibility index (Phi) is 8.13. The summed E-state index contributed by atoms with van der Waals surface area (Å²) in [4.78, 5) is 0. The van der Waals surface area contributed by atoms with Gasteiger partial charge in [0.05, 0.1) is 0 Å². The van der Waals surface area contributed by atoms with Crippen LogP contribution in [-0.4, -0.2) is 65.4 Å². The van der Waals surface area contributed by atoms with Gasteiger partial charge in [-0.15, -0.1) is 6.58 Å². The molecule has 0 fully saturated rings. The van der Waals surface area contributed by atoms with E-state index in [0.717, 1.165) is 0 Å². The maximum absolute atomic E-state index is 13.5. The Labute approximate surface area is 187 Å². The second-order valence-corrected chi connectivity index (χ2v) is 6.87. The molecular formula is C14H5F23. The molecule has 0 aromatic heterocycles. The maximum atomic E-state index is 13.5. The molecule has 0 aliphatic carbocycles. The molecule has 0 aliphatic heterocycles. The third-order valence-corrected chi connectivity index (χ3v) is 4.44. The number of alkyl halides is 23. The second kappa shape index (κ2) is 8.57. The molecule has 0 bridgehead atoms. The van der Waals surface area contributed by atoms with Crippen LogP contribution in [0.1, 0.15) is 6.42 Å². The molecule has 0 rings (SSSR count). The number of rotatable bonds is 10. The summed E-state index contributed by atoms with van der Waals surface area (Å²) in [7, 11) is 0. The lowest BCUT2D eigenvalue weighted by Gasteiger charge is -2.46. The van der Waals surface area contributed by atoms with Crippen LogP contribution in [0.2, 0.25) is 0 Å². The van der Waals surface area contributed by atoms with Crippen molar-refractivity contribution in [1.82, 2.24) is 0 Å². The van der Waals surface area contributed by atoms with Gasteiger partial charge in [-0.1, -0.05) is 6.08 Å². The number of hydrogen-bond donors (Lipinski definition) is 0. The summed E-state index contributed by atoms with van der Waals surface area (Å²) >= 11 is 0. The minimum atomic E-state index is -9.44. The maximum Gasteiger partial charge on any atom is 0.438 e. The van der Waals surface area contributed by atoms with Crippen molar-refractivity contribution in [2.24, 2.45) is 0 Å². The largest absolute Gasteiger partial charge is 0.438 e. The van der Waals surface area contributed by atoms with Crippen molar-refractivity contribution < 1.29 is 101 Å². The molecule has 37 heavy (non-hydrogen) atoms. The summed E-state index contributed by atoms with van der Waals surface area (Å²) in [5.41, 5.74) is -9.01. The zero-order valence-electron chi connectivity index (χ0n) is 16.2. The Morgan fingerprint density at radius 2 is 0.568 bits per heavy atom. The molecular weight excluding hydrogens is 605 g/mol. The first-order valence-electron chi connectivity index (χ1n) is 8.02. The average molecular weight is 610 g/mol. The molecule has 0 unspecified atom stereocenters. The third kappa shape index (κ3) is 4.15. The molecule has 0 nitrogen and oxygen atoms in total. The van der Waals surface area contributed by atoms with Crippen molar-refractivity contribution in [2.75, 3.05) is 0 Å². The van der Waals surface area contributed by atoms with E-state index >= 15 is 0 Å². The van der Waals surface area contributed by atoms with Crippen molar-refractivity contribution in [3.05, 3.63) is 12.7 Å². The van der Waals surface area contributed by atoms with Crippen LogP contribution in [0, 0.1) is 0 Å². The number of halogens is 23. The van der Waals surface area contributed by atoms with E-state index in [4.69, 9.17) is 0 Å². The van der Waals surface area contributed by atoms with Crippen molar-refractivity contribution in [2.45, 2.75) is 71.8 Å². The van der Waals surface area contributed by atoms with Gasteiger partial charge >= 0.3 is 65.4 Å². The minimum Gasteiger partial charge on any atom is -0.216 e. The van der Waals surface area contributed by atoms with Gasteiger partial charge in [0, 0.05) is 6.42 Å². The zero-order chi connectivity index (χ0) is 30.9. The molecule has 0 atom stereocenters. The molecule has 0 heterocycles. The van der Waals surface area contributed by atoms with Crippen molar-refractivity contribution >= 4 is 0 Å². The molecule has 0 aliphatic rings. The molecule has 23 heteroatoms. The van der Waals surface area contributed by atoms with Gasteiger partial charge in [-0.2, -0.15) is 96.6 Å². The Morgan fingerprint density at radius 1 is 0.351 bits per heavy atom. The third-order valence-electron chi connectivity index (χ3n) is 4.44. The van der Waals surface area contributed by atoms with Gasteiger partial charge in [0.15, 0.2) is 0 Å². The molecule has 0 N–H and O–H groups in total. The first-order chi connectivity index (χ1) is 15.6. The highest BCUT2D eigenvalue weighted by Crippen LogP contribution is 2.67. The highest BCUT2D eigenvalue weighted by molar-refractivity contribution is 5.20. The molecule has 222 valence electrons. The summed E-state index contributed by atoms with van der Waals surface area (Å²) < 4.78 is 301. The summed E-state index contributed by atoms with van der Waals surface area (Å²) in [6.45, 7) is 2.20. The van der Waals surface area contributed by atoms with E-state index in [2.05, 4.69) is 6.58 Å². The van der Waals surface area contributed by atoms with Crippen LogP contribution in [0.25, 0.3) is 0 Å². The standard InChI is InChI=1S/C14H5F23/c1-2-3-4(15,16)6(18,19)8(22,23)10(26,27)12(30,31)11(28,29)9(24,25)7(20,21)5(17,13(32,33)34)14(35,36)37/h2H,1,3H2. The van der Waals surface area contributed by atoms with E-state index in [9.17, 15) is 101 Å². The summed E-state index contributed by atoms with van der Waals surface area (Å²) in [6, 6.07) is 0. The van der Waals surface area contributed by atoms with Crippen LogP contribution in [0.4, 0.5) is 101 Å². The van der Waals surface area contributed by atoms with E-state index in [1.165, 1.54) is 0 Å². The van der Waals surface area contributed by atoms with Gasteiger partial charge in [-0.25, -0.2) is 4.39 Å². The van der Waals surface area contributed by atoms with Gasteiger partial charge in [0.1, 0.15) is 0 Å². The number of allylic oxidation sites excluding steroid dienone is 1. The Hall–Kier alpha value is -1.87. The Balaban J connectivity index is 7.35. The zero-order valence-corrected chi connectivity index (χ0v) is 16.2. The highest BCUT2D eigenvalue weighted by Gasteiger charge is 2.99. The van der Waals surface area contributed by atoms with Crippen LogP contribution < -0.4 is 0 Å². The predicted molar refractivity (Wildman–Crippen MR) is 70.3 cm³/mol. The minimum absolute atomic E-state index is 0.501. The van der Waals surface area contributed by atoms with Crippen LogP contribution in [0.15, 0.2) is 12.7 Å². The molecule has 0 spiro atoms. The summed E-state index contributed by atoms with van der Waals surface area (Å²) in [5.74, 6) is -70.1. The average Bonchev–Trinajstić information content (AvgIpc) is 2.64. The van der Waals surface area contributed by atoms with E-state index in [0.29, 0.717) is 0 Å². The van der Waals surface area contributed by atoms with E-state index in [1.54, 1.807) is 0 Å². The lowest BCUT2D eigenvalue weighted by Crippen LogP contribution is -2.79. The van der Waals surface area contributed by atoms with Crippen molar-refractivity contribution in [3.63, 3.8) is 0 Å². The Bertz CT molecular complexity index is 824. The fraction of sp³-hybridized carbons (Fsp3) is 0.857. The van der Waals surface area contributed by atoms with Gasteiger partial charge in [-0.05, 0) is 0 Å². The lowest BCUT2D eigenvalue weighted by molar-refractivity contribution is -0.481. The smallest absolute Gasteiger partial charge is 0.216 e. The SMILES string of the molecule is C=CCC(F)(F)C(F)(F)C(F)(F)C(F)(F)C(F)(F)C(F)(F)C(F)(F)C(F)(F)C(F)(C(F)(F)F)C(F)(F)F. The number of hydrogen-bond acceptors (Lipinski definition) is 0. The second-order valence-electron chi connectivity index (χ2n) is 6.87. The molecule has 0 saturated carbocycles. The lowest BCUT2D eigenvalue weighted by atomic mass is 9.82. The van der Waals surface area contributed by atoms with Crippen molar-refractivity contribution in [1.29, 1.82) is 0 Å². The van der Waals surface area contributed by atoms with Crippen LogP contribution in [0.3, 0.4) is 0 Å². The van der Waals surface area contributed by atoms with Gasteiger partial charge in [0.2, 0.25) is 0 Å². The summed E-state index contributed by atoms with van der Waals surface area (Å²) in [6.07, 6.45) is -20.4. The van der Waals surface area contributed by atoms with Crippen molar-refractivity contribution in [3.8, 4) is 0 Å². The first kappa shape index (κ1) is 35.1. The van der Waals surface area contributed by atoms with Gasteiger partial charge in [-0.3, -0.25) is 0 Å². The fourth-order valence-corrected chi connectivity index (χ4v) is 2.26. The quantitative estimate of drug-likeness (QED) is 0.172. The predicted octanol–water partition coefficient (Wildman–Crippen LogP) is 8.48. The first-order valence-corrected chi connectivity index (χ1v) is 8.02. The van der Waals surface area contributed by atoms with E-state index < -0.39 is 77.9 Å². The van der Waals surface area contributed by atoms with Crippen LogP contribution >= 0.6 is 0 Å². The molecule has 0 saturated heterocycles. The molecule has 0 aromatic rings. The monoisotopic (exact) mass is 610 g/mol. The fourth-order valence-electron chi connectivity index (χ4n) is 2.26. The molecule has 0 radical (unpaired) electrons. The van der Waals surface area contributed by atoms with E-state index in [1.807, 2.05) is 0 Å². The molecule has 0 aromatic carbocycles.